The minimum atomic E-state index is -4.11. The third-order valence-corrected chi connectivity index (χ3v) is 2.94. The molecule has 1 rings (SSSR count). The Hall–Kier alpha value is -0.780. The molecule has 1 aliphatic rings. The molecule has 0 aliphatic carbocycles. The van der Waals surface area contributed by atoms with Crippen LogP contribution in [0.15, 0.2) is 0 Å². The van der Waals surface area contributed by atoms with Crippen LogP contribution in [0.2, 0.25) is 0 Å². The maximum Gasteiger partial charge on any atom is 0.389 e. The zero-order valence-corrected chi connectivity index (χ0v) is 9.13. The molecule has 0 spiro atoms. The van der Waals surface area contributed by atoms with E-state index in [0.717, 1.165) is 0 Å². The Morgan fingerprint density at radius 3 is 2.50 bits per heavy atom. The molecule has 0 amide bonds. The Morgan fingerprint density at radius 2 is 2.06 bits per heavy atom. The first-order valence-electron chi connectivity index (χ1n) is 5.31. The lowest BCUT2D eigenvalue weighted by atomic mass is 9.99. The smallest absolute Gasteiger partial charge is 0.389 e. The Labute approximate surface area is 92.2 Å². The Balaban J connectivity index is 2.28. The molecule has 0 saturated carbocycles. The summed E-state index contributed by atoms with van der Waals surface area (Å²) in [6, 6.07) is 0. The average molecular weight is 239 g/mol. The highest BCUT2D eigenvalue weighted by Gasteiger charge is 2.35. The molecule has 0 bridgehead atoms. The SMILES string of the molecule is C[C@@H]1CN(CCCC(F)(F)F)C[C@H]1C(=O)O. The van der Waals surface area contributed by atoms with Crippen LogP contribution >= 0.6 is 0 Å². The molecule has 3 nitrogen and oxygen atoms in total. The molecule has 1 aliphatic heterocycles. The van der Waals surface area contributed by atoms with Crippen LogP contribution in [-0.2, 0) is 4.79 Å². The van der Waals surface area contributed by atoms with E-state index in [0.29, 0.717) is 19.6 Å². The van der Waals surface area contributed by atoms with Gasteiger partial charge >= 0.3 is 12.1 Å². The number of aliphatic carboxylic acids is 1. The van der Waals surface area contributed by atoms with Gasteiger partial charge in [-0.25, -0.2) is 0 Å². The van der Waals surface area contributed by atoms with Gasteiger partial charge in [-0.15, -0.1) is 0 Å². The predicted molar refractivity (Wildman–Crippen MR) is 52.0 cm³/mol. The standard InChI is InChI=1S/C10H16F3NO2/c1-7-5-14(6-8(7)9(15)16)4-2-3-10(11,12)13/h7-8H,2-6H2,1H3,(H,15,16)/t7-,8-/m1/s1. The maximum absolute atomic E-state index is 11.9. The minimum Gasteiger partial charge on any atom is -0.481 e. The van der Waals surface area contributed by atoms with Crippen LogP contribution in [0, 0.1) is 11.8 Å². The summed E-state index contributed by atoms with van der Waals surface area (Å²) in [5.41, 5.74) is 0. The fourth-order valence-electron chi connectivity index (χ4n) is 2.07. The quantitative estimate of drug-likeness (QED) is 0.815. The first kappa shape index (κ1) is 13.3. The summed E-state index contributed by atoms with van der Waals surface area (Å²) in [6.45, 7) is 3.10. The van der Waals surface area contributed by atoms with Gasteiger partial charge < -0.3 is 10.0 Å². The van der Waals surface area contributed by atoms with Crippen LogP contribution in [-0.4, -0.2) is 41.8 Å². The number of carbonyl (C=O) groups is 1. The van der Waals surface area contributed by atoms with Crippen molar-refractivity contribution in [1.82, 2.24) is 4.90 Å². The lowest BCUT2D eigenvalue weighted by Gasteiger charge is -2.15. The molecule has 0 aromatic heterocycles. The fraction of sp³-hybridized carbons (Fsp3) is 0.900. The summed E-state index contributed by atoms with van der Waals surface area (Å²) in [5.74, 6) is -1.28. The number of alkyl halides is 3. The van der Waals surface area contributed by atoms with E-state index in [9.17, 15) is 18.0 Å². The zero-order chi connectivity index (χ0) is 12.3. The molecular formula is C10H16F3NO2. The van der Waals surface area contributed by atoms with E-state index >= 15 is 0 Å². The summed E-state index contributed by atoms with van der Waals surface area (Å²) in [4.78, 5) is 12.6. The lowest BCUT2D eigenvalue weighted by molar-refractivity contribution is -0.142. The third-order valence-electron chi connectivity index (χ3n) is 2.94. The molecule has 2 atom stereocenters. The number of halogens is 3. The van der Waals surface area contributed by atoms with Gasteiger partial charge in [0.1, 0.15) is 0 Å². The highest BCUT2D eigenvalue weighted by Crippen LogP contribution is 2.25. The van der Waals surface area contributed by atoms with Gasteiger partial charge in [-0.3, -0.25) is 4.79 Å². The monoisotopic (exact) mass is 239 g/mol. The second kappa shape index (κ2) is 5.03. The van der Waals surface area contributed by atoms with Crippen molar-refractivity contribution in [3.8, 4) is 0 Å². The van der Waals surface area contributed by atoms with Crippen LogP contribution < -0.4 is 0 Å². The highest BCUT2D eigenvalue weighted by atomic mass is 19.4. The van der Waals surface area contributed by atoms with Gasteiger partial charge in [0.15, 0.2) is 0 Å². The van der Waals surface area contributed by atoms with E-state index in [-0.39, 0.29) is 12.3 Å². The van der Waals surface area contributed by atoms with Crippen molar-refractivity contribution >= 4 is 5.97 Å². The molecule has 0 unspecified atom stereocenters. The molecule has 16 heavy (non-hydrogen) atoms. The third kappa shape index (κ3) is 4.00. The van der Waals surface area contributed by atoms with Crippen LogP contribution in [0.3, 0.4) is 0 Å². The van der Waals surface area contributed by atoms with E-state index in [2.05, 4.69) is 0 Å². The Bertz CT molecular complexity index is 255. The van der Waals surface area contributed by atoms with Crippen LogP contribution in [0.1, 0.15) is 19.8 Å². The second-order valence-electron chi connectivity index (χ2n) is 4.40. The van der Waals surface area contributed by atoms with Gasteiger partial charge in [-0.05, 0) is 18.9 Å². The molecule has 1 N–H and O–H groups in total. The van der Waals surface area contributed by atoms with E-state index < -0.39 is 24.5 Å². The van der Waals surface area contributed by atoms with Gasteiger partial charge in [0, 0.05) is 19.5 Å². The van der Waals surface area contributed by atoms with E-state index in [1.165, 1.54) is 0 Å². The van der Waals surface area contributed by atoms with E-state index in [1.807, 2.05) is 6.92 Å². The highest BCUT2D eigenvalue weighted by molar-refractivity contribution is 5.71. The largest absolute Gasteiger partial charge is 0.481 e. The Morgan fingerprint density at radius 1 is 1.44 bits per heavy atom. The van der Waals surface area contributed by atoms with Crippen molar-refractivity contribution in [2.75, 3.05) is 19.6 Å². The van der Waals surface area contributed by atoms with Gasteiger partial charge in [-0.2, -0.15) is 13.2 Å². The summed E-state index contributed by atoms with van der Waals surface area (Å²) >= 11 is 0. The molecule has 1 fully saturated rings. The first-order chi connectivity index (χ1) is 7.29. The molecule has 1 saturated heterocycles. The van der Waals surface area contributed by atoms with Crippen molar-refractivity contribution in [2.24, 2.45) is 11.8 Å². The van der Waals surface area contributed by atoms with Crippen LogP contribution in [0.4, 0.5) is 13.2 Å². The van der Waals surface area contributed by atoms with Crippen LogP contribution in [0.5, 0.6) is 0 Å². The van der Waals surface area contributed by atoms with Crippen LogP contribution in [0.25, 0.3) is 0 Å². The summed E-state index contributed by atoms with van der Waals surface area (Å²) < 4.78 is 35.7. The number of carboxylic acid groups (broad SMARTS) is 1. The number of hydrogen-bond acceptors (Lipinski definition) is 2. The molecule has 6 heteroatoms. The van der Waals surface area contributed by atoms with Gasteiger partial charge in [0.05, 0.1) is 5.92 Å². The number of carboxylic acids is 1. The average Bonchev–Trinajstić information content (AvgIpc) is 2.44. The summed E-state index contributed by atoms with van der Waals surface area (Å²) in [7, 11) is 0. The maximum atomic E-state index is 11.9. The zero-order valence-electron chi connectivity index (χ0n) is 9.13. The van der Waals surface area contributed by atoms with E-state index in [4.69, 9.17) is 5.11 Å². The van der Waals surface area contributed by atoms with Crippen molar-refractivity contribution < 1.29 is 23.1 Å². The number of rotatable bonds is 4. The Kier molecular flexibility index (Phi) is 4.18. The number of likely N-dealkylation sites (tertiary alicyclic amines) is 1. The molecular weight excluding hydrogens is 223 g/mol. The molecule has 94 valence electrons. The number of hydrogen-bond donors (Lipinski definition) is 1. The lowest BCUT2D eigenvalue weighted by Crippen LogP contribution is -2.25. The minimum absolute atomic E-state index is 0.0170. The number of nitrogens with zero attached hydrogens (tertiary/aromatic N) is 1. The summed E-state index contributed by atoms with van der Waals surface area (Å²) in [6.07, 6.45) is -4.87. The van der Waals surface area contributed by atoms with Crippen molar-refractivity contribution in [1.29, 1.82) is 0 Å². The predicted octanol–water partition coefficient (Wildman–Crippen LogP) is 1.98. The van der Waals surface area contributed by atoms with Gasteiger partial charge in [0.25, 0.3) is 0 Å². The summed E-state index contributed by atoms with van der Waals surface area (Å²) in [5, 5.41) is 8.85. The van der Waals surface area contributed by atoms with Gasteiger partial charge in [-0.1, -0.05) is 6.92 Å². The fourth-order valence-corrected chi connectivity index (χ4v) is 2.07. The second-order valence-corrected chi connectivity index (χ2v) is 4.40. The van der Waals surface area contributed by atoms with Crippen molar-refractivity contribution in [3.05, 3.63) is 0 Å². The van der Waals surface area contributed by atoms with Gasteiger partial charge in [0.2, 0.25) is 0 Å². The normalized spacial score (nSPS) is 27.2. The van der Waals surface area contributed by atoms with Crippen molar-refractivity contribution in [2.45, 2.75) is 25.9 Å². The molecule has 0 aromatic carbocycles. The molecule has 0 radical (unpaired) electrons. The van der Waals surface area contributed by atoms with E-state index in [1.54, 1.807) is 4.90 Å². The first-order valence-corrected chi connectivity index (χ1v) is 5.31. The topological polar surface area (TPSA) is 40.5 Å². The van der Waals surface area contributed by atoms with Crippen molar-refractivity contribution in [3.63, 3.8) is 0 Å². The molecule has 0 aromatic rings. The molecule has 1 heterocycles.